The molecule has 0 atom stereocenters. The van der Waals surface area contributed by atoms with E-state index in [0.717, 1.165) is 5.69 Å². The lowest BCUT2D eigenvalue weighted by atomic mass is 10.3. The minimum absolute atomic E-state index is 0.222. The normalized spacial score (nSPS) is 8.73. The summed E-state index contributed by atoms with van der Waals surface area (Å²) in [7, 11) is 0. The zero-order valence-electron chi connectivity index (χ0n) is 6.30. The Morgan fingerprint density at radius 2 is 1.55 bits per heavy atom. The second kappa shape index (κ2) is 6.32. The number of nitrogens with two attached hydrogens (primary N) is 1. The van der Waals surface area contributed by atoms with Gasteiger partial charge >= 0.3 is 0 Å². The molecule has 62 valence electrons. The second-order valence-electron chi connectivity index (χ2n) is 1.93. The zero-order chi connectivity index (χ0) is 8.69. The molecule has 2 N–H and O–H groups in total. The van der Waals surface area contributed by atoms with Crippen molar-refractivity contribution in [1.82, 2.24) is 0 Å². The fourth-order valence-electron chi connectivity index (χ4n) is 0.453. The van der Waals surface area contributed by atoms with Crippen molar-refractivity contribution in [2.24, 2.45) is 0 Å². The summed E-state index contributed by atoms with van der Waals surface area (Å²) in [5.74, 6) is 0. The maximum atomic E-state index is 5.36. The summed E-state index contributed by atoms with van der Waals surface area (Å²) in [4.78, 5) is -0.222. The van der Waals surface area contributed by atoms with Gasteiger partial charge in [-0.3, -0.25) is 0 Å². The summed E-state index contributed by atoms with van der Waals surface area (Å²) in [6, 6.07) is 9.49. The molecule has 0 bridgehead atoms. The molecule has 1 rings (SSSR count). The first-order chi connectivity index (χ1) is 5.13. The van der Waals surface area contributed by atoms with Crippen molar-refractivity contribution in [3.05, 3.63) is 30.3 Å². The Labute approximate surface area is 77.1 Å². The lowest BCUT2D eigenvalue weighted by molar-refractivity contribution is 1.39. The van der Waals surface area contributed by atoms with Gasteiger partial charge in [0.25, 0.3) is 0 Å². The molecule has 0 aliphatic rings. The van der Waals surface area contributed by atoms with Crippen LogP contribution in [-0.4, -0.2) is 4.84 Å². The average Bonchev–Trinajstić information content (AvgIpc) is 1.87. The first kappa shape index (κ1) is 10.6. The van der Waals surface area contributed by atoms with Gasteiger partial charge in [-0.2, -0.15) is 0 Å². The molecule has 0 spiro atoms. The maximum absolute atomic E-state index is 5.36. The molecule has 0 aromatic heterocycles. The van der Waals surface area contributed by atoms with E-state index in [1.165, 1.54) is 0 Å². The molecule has 0 unspecified atom stereocenters. The van der Waals surface area contributed by atoms with E-state index in [1.807, 2.05) is 30.3 Å². The molecule has 1 aromatic carbocycles. The SMILES string of the molecule is CC(Cl)Cl.Nc1ccccc1. The molecule has 0 saturated carbocycles. The molecule has 0 aliphatic carbocycles. The third-order valence-corrected chi connectivity index (χ3v) is 0.800. The van der Waals surface area contributed by atoms with Crippen molar-refractivity contribution in [2.45, 2.75) is 11.8 Å². The summed E-state index contributed by atoms with van der Waals surface area (Å²) in [5, 5.41) is 0. The number of rotatable bonds is 0. The minimum atomic E-state index is -0.222. The van der Waals surface area contributed by atoms with Crippen LogP contribution in [0.5, 0.6) is 0 Å². The average molecular weight is 192 g/mol. The van der Waals surface area contributed by atoms with Crippen molar-refractivity contribution in [3.8, 4) is 0 Å². The number of para-hydroxylation sites is 1. The van der Waals surface area contributed by atoms with E-state index in [-0.39, 0.29) is 4.84 Å². The van der Waals surface area contributed by atoms with Gasteiger partial charge in [0.1, 0.15) is 4.84 Å². The van der Waals surface area contributed by atoms with Gasteiger partial charge in [0.2, 0.25) is 0 Å². The summed E-state index contributed by atoms with van der Waals surface area (Å²) in [5.41, 5.74) is 6.18. The second-order valence-corrected chi connectivity index (χ2v) is 3.46. The maximum Gasteiger partial charge on any atom is 0.105 e. The van der Waals surface area contributed by atoms with Crippen LogP contribution in [0.2, 0.25) is 0 Å². The van der Waals surface area contributed by atoms with Crippen LogP contribution in [0.15, 0.2) is 30.3 Å². The molecular formula is C8H11Cl2N. The Balaban J connectivity index is 0.000000218. The van der Waals surface area contributed by atoms with Crippen LogP contribution in [0.3, 0.4) is 0 Å². The summed E-state index contributed by atoms with van der Waals surface area (Å²) < 4.78 is 0. The van der Waals surface area contributed by atoms with Crippen LogP contribution in [0, 0.1) is 0 Å². The monoisotopic (exact) mass is 191 g/mol. The quantitative estimate of drug-likeness (QED) is 0.496. The Hall–Kier alpha value is -0.400. The highest BCUT2D eigenvalue weighted by atomic mass is 35.5. The van der Waals surface area contributed by atoms with E-state index in [9.17, 15) is 0 Å². The van der Waals surface area contributed by atoms with Gasteiger partial charge in [-0.15, -0.1) is 23.2 Å². The highest BCUT2D eigenvalue weighted by molar-refractivity contribution is 6.43. The van der Waals surface area contributed by atoms with Crippen LogP contribution in [0.1, 0.15) is 6.92 Å². The predicted molar refractivity (Wildman–Crippen MR) is 52.0 cm³/mol. The van der Waals surface area contributed by atoms with Crippen molar-refractivity contribution >= 4 is 28.9 Å². The van der Waals surface area contributed by atoms with E-state index in [0.29, 0.717) is 0 Å². The minimum Gasteiger partial charge on any atom is -0.399 e. The van der Waals surface area contributed by atoms with Gasteiger partial charge in [0.15, 0.2) is 0 Å². The van der Waals surface area contributed by atoms with Crippen molar-refractivity contribution in [3.63, 3.8) is 0 Å². The Kier molecular flexibility index (Phi) is 6.09. The van der Waals surface area contributed by atoms with Gasteiger partial charge < -0.3 is 5.73 Å². The number of benzene rings is 1. The molecule has 1 aromatic rings. The zero-order valence-corrected chi connectivity index (χ0v) is 7.81. The van der Waals surface area contributed by atoms with Crippen molar-refractivity contribution in [1.29, 1.82) is 0 Å². The summed E-state index contributed by atoms with van der Waals surface area (Å²) in [6.07, 6.45) is 0. The Morgan fingerprint density at radius 1 is 1.18 bits per heavy atom. The van der Waals surface area contributed by atoms with Gasteiger partial charge in [-0.05, 0) is 19.1 Å². The molecule has 0 heterocycles. The number of hydrogen-bond acceptors (Lipinski definition) is 1. The molecular weight excluding hydrogens is 181 g/mol. The predicted octanol–water partition coefficient (Wildman–Crippen LogP) is 3.08. The molecule has 0 fully saturated rings. The molecule has 0 aliphatic heterocycles. The van der Waals surface area contributed by atoms with Crippen LogP contribution < -0.4 is 5.73 Å². The lowest BCUT2D eigenvalue weighted by Gasteiger charge is -1.83. The van der Waals surface area contributed by atoms with E-state index < -0.39 is 0 Å². The molecule has 11 heavy (non-hydrogen) atoms. The third-order valence-electron chi connectivity index (χ3n) is 0.800. The van der Waals surface area contributed by atoms with E-state index >= 15 is 0 Å². The molecule has 3 heteroatoms. The first-order valence-electron chi connectivity index (χ1n) is 3.21. The van der Waals surface area contributed by atoms with Gasteiger partial charge in [0, 0.05) is 5.69 Å². The molecule has 0 radical (unpaired) electrons. The van der Waals surface area contributed by atoms with Gasteiger partial charge in [0.05, 0.1) is 0 Å². The summed E-state index contributed by atoms with van der Waals surface area (Å²) in [6.45, 7) is 1.70. The fourth-order valence-corrected chi connectivity index (χ4v) is 0.453. The van der Waals surface area contributed by atoms with Crippen LogP contribution >= 0.6 is 23.2 Å². The molecule has 1 nitrogen and oxygen atoms in total. The van der Waals surface area contributed by atoms with Crippen LogP contribution in [0.4, 0.5) is 5.69 Å². The van der Waals surface area contributed by atoms with Crippen LogP contribution in [0.25, 0.3) is 0 Å². The van der Waals surface area contributed by atoms with Gasteiger partial charge in [-0.25, -0.2) is 0 Å². The number of nitrogen functional groups attached to an aromatic ring is 1. The third kappa shape index (κ3) is 9.60. The molecule has 0 saturated heterocycles. The highest BCUT2D eigenvalue weighted by Gasteiger charge is 1.75. The largest absolute Gasteiger partial charge is 0.399 e. The number of halogens is 2. The fraction of sp³-hybridized carbons (Fsp3) is 0.250. The topological polar surface area (TPSA) is 26.0 Å². The highest BCUT2D eigenvalue weighted by Crippen LogP contribution is 1.96. The molecule has 0 amide bonds. The van der Waals surface area contributed by atoms with Crippen molar-refractivity contribution < 1.29 is 0 Å². The first-order valence-corrected chi connectivity index (χ1v) is 4.09. The van der Waals surface area contributed by atoms with Crippen molar-refractivity contribution in [2.75, 3.05) is 5.73 Å². The standard InChI is InChI=1S/C6H7N.C2H4Cl2/c7-6-4-2-1-3-5-6;1-2(3)4/h1-5H,7H2;2H,1H3. The van der Waals surface area contributed by atoms with Crippen LogP contribution in [-0.2, 0) is 0 Å². The van der Waals surface area contributed by atoms with E-state index in [4.69, 9.17) is 28.9 Å². The smallest absolute Gasteiger partial charge is 0.105 e. The number of alkyl halides is 2. The number of hydrogen-bond donors (Lipinski definition) is 1. The lowest BCUT2D eigenvalue weighted by Crippen LogP contribution is -1.79. The Morgan fingerprint density at radius 3 is 1.73 bits per heavy atom. The Bertz CT molecular complexity index is 172. The van der Waals surface area contributed by atoms with E-state index in [1.54, 1.807) is 6.92 Å². The van der Waals surface area contributed by atoms with E-state index in [2.05, 4.69) is 0 Å². The summed E-state index contributed by atoms with van der Waals surface area (Å²) >= 11 is 10.1. The number of anilines is 1. The van der Waals surface area contributed by atoms with Gasteiger partial charge in [-0.1, -0.05) is 18.2 Å².